The SMILES string of the molecule is Nc1nc(=O)n([C@H]2C[C@@H](O)[C@H](CO)O2)cc1CC(=O)OCc1ccccc1. The van der Waals surface area contributed by atoms with E-state index in [9.17, 15) is 19.8 Å². The maximum Gasteiger partial charge on any atom is 0.351 e. The first-order chi connectivity index (χ1) is 13.0. The molecule has 0 unspecified atom stereocenters. The van der Waals surface area contributed by atoms with Gasteiger partial charge in [-0.05, 0) is 5.56 Å². The van der Waals surface area contributed by atoms with Crippen LogP contribution in [0.15, 0.2) is 41.3 Å². The van der Waals surface area contributed by atoms with Crippen molar-refractivity contribution >= 4 is 11.8 Å². The van der Waals surface area contributed by atoms with Gasteiger partial charge in [-0.3, -0.25) is 9.36 Å². The average molecular weight is 375 g/mol. The number of nitrogen functional groups attached to an aromatic ring is 1. The maximum atomic E-state index is 12.1. The third-order valence-corrected chi connectivity index (χ3v) is 4.33. The van der Waals surface area contributed by atoms with Gasteiger partial charge >= 0.3 is 11.7 Å². The summed E-state index contributed by atoms with van der Waals surface area (Å²) in [5.41, 5.74) is 6.27. The van der Waals surface area contributed by atoms with Crippen LogP contribution in [0.3, 0.4) is 0 Å². The number of carbonyl (C=O) groups is 1. The molecule has 1 aromatic heterocycles. The third-order valence-electron chi connectivity index (χ3n) is 4.33. The van der Waals surface area contributed by atoms with Crippen molar-refractivity contribution in [1.82, 2.24) is 9.55 Å². The Morgan fingerprint density at radius 2 is 2.11 bits per heavy atom. The molecule has 9 heteroatoms. The lowest BCUT2D eigenvalue weighted by Gasteiger charge is -2.16. The van der Waals surface area contributed by atoms with Crippen LogP contribution >= 0.6 is 0 Å². The number of hydrogen-bond donors (Lipinski definition) is 3. The molecule has 0 spiro atoms. The van der Waals surface area contributed by atoms with Gasteiger partial charge in [-0.2, -0.15) is 4.98 Å². The van der Waals surface area contributed by atoms with E-state index >= 15 is 0 Å². The summed E-state index contributed by atoms with van der Waals surface area (Å²) in [4.78, 5) is 27.9. The van der Waals surface area contributed by atoms with Gasteiger partial charge in [0.1, 0.15) is 24.8 Å². The number of aliphatic hydroxyl groups is 2. The molecule has 9 nitrogen and oxygen atoms in total. The number of hydrogen-bond acceptors (Lipinski definition) is 8. The molecular weight excluding hydrogens is 354 g/mol. The van der Waals surface area contributed by atoms with Crippen LogP contribution in [0.5, 0.6) is 0 Å². The van der Waals surface area contributed by atoms with Gasteiger partial charge in [0.25, 0.3) is 0 Å². The van der Waals surface area contributed by atoms with Crippen molar-refractivity contribution in [2.24, 2.45) is 0 Å². The number of carbonyl (C=O) groups excluding carboxylic acids is 1. The van der Waals surface area contributed by atoms with Crippen LogP contribution in [0.2, 0.25) is 0 Å². The molecule has 27 heavy (non-hydrogen) atoms. The lowest BCUT2D eigenvalue weighted by Crippen LogP contribution is -2.29. The first-order valence-electron chi connectivity index (χ1n) is 8.49. The fraction of sp³-hybridized carbons (Fsp3) is 0.389. The van der Waals surface area contributed by atoms with E-state index in [1.165, 1.54) is 6.20 Å². The van der Waals surface area contributed by atoms with Crippen molar-refractivity contribution in [3.63, 3.8) is 0 Å². The molecule has 1 aromatic carbocycles. The molecule has 0 bridgehead atoms. The van der Waals surface area contributed by atoms with Crippen LogP contribution in [-0.4, -0.2) is 44.5 Å². The smallest absolute Gasteiger partial charge is 0.351 e. The maximum absolute atomic E-state index is 12.1. The zero-order valence-corrected chi connectivity index (χ0v) is 14.5. The third kappa shape index (κ3) is 4.51. The molecule has 4 N–H and O–H groups in total. The van der Waals surface area contributed by atoms with E-state index in [-0.39, 0.29) is 31.9 Å². The summed E-state index contributed by atoms with van der Waals surface area (Å²) in [6, 6.07) is 9.23. The minimum absolute atomic E-state index is 0.0647. The van der Waals surface area contributed by atoms with Gasteiger partial charge in [0.2, 0.25) is 0 Å². The highest BCUT2D eigenvalue weighted by Gasteiger charge is 2.35. The molecule has 0 saturated carbocycles. The van der Waals surface area contributed by atoms with Gasteiger partial charge in [-0.1, -0.05) is 30.3 Å². The van der Waals surface area contributed by atoms with Gasteiger partial charge < -0.3 is 25.4 Å². The lowest BCUT2D eigenvalue weighted by atomic mass is 10.2. The second kappa shape index (κ2) is 8.30. The van der Waals surface area contributed by atoms with Gasteiger partial charge in [0.05, 0.1) is 19.1 Å². The van der Waals surface area contributed by atoms with E-state index in [1.807, 2.05) is 30.3 Å². The van der Waals surface area contributed by atoms with Gasteiger partial charge in [0, 0.05) is 18.2 Å². The van der Waals surface area contributed by atoms with Gasteiger partial charge in [-0.15, -0.1) is 0 Å². The number of anilines is 1. The zero-order valence-electron chi connectivity index (χ0n) is 14.5. The minimum atomic E-state index is -0.899. The van der Waals surface area contributed by atoms with Crippen molar-refractivity contribution in [2.45, 2.75) is 37.9 Å². The van der Waals surface area contributed by atoms with Crippen molar-refractivity contribution in [3.05, 3.63) is 58.1 Å². The summed E-state index contributed by atoms with van der Waals surface area (Å²) in [6.07, 6.45) is -1.13. The second-order valence-electron chi connectivity index (χ2n) is 6.28. The van der Waals surface area contributed by atoms with Gasteiger partial charge in [-0.25, -0.2) is 4.79 Å². The molecule has 1 saturated heterocycles. The van der Waals surface area contributed by atoms with E-state index < -0.39 is 30.1 Å². The minimum Gasteiger partial charge on any atom is -0.461 e. The molecule has 0 aliphatic carbocycles. The highest BCUT2D eigenvalue weighted by Crippen LogP contribution is 2.27. The summed E-state index contributed by atoms with van der Waals surface area (Å²) in [6.45, 7) is -0.240. The molecule has 2 aromatic rings. The van der Waals surface area contributed by atoms with Gasteiger partial charge in [0.15, 0.2) is 0 Å². The summed E-state index contributed by atoms with van der Waals surface area (Å²) in [5.74, 6) is -0.580. The highest BCUT2D eigenvalue weighted by atomic mass is 16.5. The zero-order chi connectivity index (χ0) is 19.4. The molecule has 1 aliphatic rings. The number of aromatic nitrogens is 2. The normalized spacial score (nSPS) is 21.9. The predicted molar refractivity (Wildman–Crippen MR) is 94.5 cm³/mol. The van der Waals surface area contributed by atoms with Crippen LogP contribution in [0.1, 0.15) is 23.8 Å². The van der Waals surface area contributed by atoms with Crippen LogP contribution in [0.4, 0.5) is 5.82 Å². The van der Waals surface area contributed by atoms with Crippen molar-refractivity contribution in [1.29, 1.82) is 0 Å². The monoisotopic (exact) mass is 375 g/mol. The van der Waals surface area contributed by atoms with Crippen molar-refractivity contribution < 1.29 is 24.5 Å². The number of benzene rings is 1. The number of rotatable bonds is 6. The first-order valence-corrected chi connectivity index (χ1v) is 8.49. The Morgan fingerprint density at radius 1 is 1.37 bits per heavy atom. The second-order valence-corrected chi connectivity index (χ2v) is 6.28. The Labute approximate surface area is 155 Å². The van der Waals surface area contributed by atoms with E-state index in [0.717, 1.165) is 10.1 Å². The summed E-state index contributed by atoms with van der Waals surface area (Å²) < 4.78 is 11.8. The number of nitrogens with two attached hydrogens (primary N) is 1. The molecule has 1 aliphatic heterocycles. The Morgan fingerprint density at radius 3 is 2.78 bits per heavy atom. The predicted octanol–water partition coefficient (Wildman–Crippen LogP) is -0.248. The van der Waals surface area contributed by atoms with Crippen molar-refractivity contribution in [2.75, 3.05) is 12.3 Å². The number of aliphatic hydroxyl groups excluding tert-OH is 2. The van der Waals surface area contributed by atoms with E-state index in [1.54, 1.807) is 0 Å². The number of nitrogens with zero attached hydrogens (tertiary/aromatic N) is 2. The first kappa shape index (κ1) is 19.0. The number of esters is 1. The van der Waals surface area contributed by atoms with Crippen LogP contribution < -0.4 is 11.4 Å². The number of ether oxygens (including phenoxy) is 2. The molecular formula is C18H21N3O6. The van der Waals surface area contributed by atoms with E-state index in [0.29, 0.717) is 5.56 Å². The fourth-order valence-electron chi connectivity index (χ4n) is 2.86. The summed E-state index contributed by atoms with van der Waals surface area (Å²) >= 11 is 0. The molecule has 3 atom stereocenters. The fourth-order valence-corrected chi connectivity index (χ4v) is 2.86. The standard InChI is InChI=1S/C18H21N3O6/c19-17-12(6-16(24)26-10-11-4-2-1-3-5-11)8-21(18(25)20-17)15-7-13(23)14(9-22)27-15/h1-5,8,13-15,22-23H,6-7,9-10H2,(H2,19,20,25)/t13-,14+,15-/m1/s1. The lowest BCUT2D eigenvalue weighted by molar-refractivity contribution is -0.144. The van der Waals surface area contributed by atoms with Crippen LogP contribution in [0.25, 0.3) is 0 Å². The van der Waals surface area contributed by atoms with Crippen LogP contribution in [0, 0.1) is 0 Å². The highest BCUT2D eigenvalue weighted by molar-refractivity contribution is 5.74. The molecule has 0 amide bonds. The Hall–Kier alpha value is -2.75. The van der Waals surface area contributed by atoms with Crippen LogP contribution in [-0.2, 0) is 27.3 Å². The van der Waals surface area contributed by atoms with E-state index in [2.05, 4.69) is 4.98 Å². The van der Waals surface area contributed by atoms with E-state index in [4.69, 9.17) is 15.2 Å². The quantitative estimate of drug-likeness (QED) is 0.588. The average Bonchev–Trinajstić information content (AvgIpc) is 3.03. The molecule has 144 valence electrons. The Balaban J connectivity index is 1.70. The van der Waals surface area contributed by atoms with Crippen molar-refractivity contribution in [3.8, 4) is 0 Å². The summed E-state index contributed by atoms with van der Waals surface area (Å²) in [7, 11) is 0. The topological polar surface area (TPSA) is 137 Å². The molecule has 2 heterocycles. The largest absolute Gasteiger partial charge is 0.461 e. The summed E-state index contributed by atoms with van der Waals surface area (Å²) in [5, 5.41) is 19.0. The molecule has 0 radical (unpaired) electrons. The Bertz CT molecular complexity index is 854. The molecule has 3 rings (SSSR count). The Kier molecular flexibility index (Phi) is 5.84. The molecule has 1 fully saturated rings.